The minimum atomic E-state index is -7.43. The highest BCUT2D eigenvalue weighted by atomic mass is 32.2. The van der Waals surface area contributed by atoms with E-state index in [1.165, 1.54) is 0 Å². The molecule has 0 aliphatic heterocycles. The number of hydrogen-bond donors (Lipinski definition) is 0. The minimum Gasteiger partial charge on any atom is -0.743 e. The van der Waals surface area contributed by atoms with Gasteiger partial charge in [0.05, 0.1) is 0 Å². The van der Waals surface area contributed by atoms with Crippen LogP contribution < -0.4 is 0 Å². The Morgan fingerprint density at radius 3 is 1.26 bits per heavy atom. The van der Waals surface area contributed by atoms with E-state index in [2.05, 4.69) is 0 Å². The molecule has 0 radical (unpaired) electrons. The van der Waals surface area contributed by atoms with Crippen LogP contribution in [0, 0.1) is 0 Å². The topological polar surface area (TPSA) is 57.2 Å². The van der Waals surface area contributed by atoms with Gasteiger partial charge >= 0.3 is 28.8 Å². The fraction of sp³-hybridized carbons (Fsp3) is 0.294. The first kappa shape index (κ1) is 28.0. The molecule has 0 atom stereocenters. The molecule has 17 heteroatoms. The lowest BCUT2D eigenvalue weighted by molar-refractivity contribution is -0.382. The Hall–Kier alpha value is -2.27. The fourth-order valence-electron chi connectivity index (χ4n) is 2.62. The standard InChI is InChI=1S/C13H8F3S.C4HF9O3S/c14-13(15,16)17-11-7-3-1-5-9(11)10-6-2-4-8-12(10)17;5-1(6,3(9,10)11)2(7,8)4(12,13)17(14,15)16/h1-8H;(H,14,15,16)/q+1;/p-1. The average molecular weight is 552 g/mol. The first-order valence-electron chi connectivity index (χ1n) is 8.24. The SMILES string of the molecule is FC(F)(F)[s+]1c2ccccc2c2ccccc21.O=S(=O)([O-])C(F)(F)C(F)(F)C(F)(F)C(F)(F)F. The van der Waals surface area contributed by atoms with E-state index in [1.54, 1.807) is 48.5 Å². The Morgan fingerprint density at radius 2 is 0.971 bits per heavy atom. The van der Waals surface area contributed by atoms with Crippen molar-refractivity contribution in [2.45, 2.75) is 28.8 Å². The summed E-state index contributed by atoms with van der Waals surface area (Å²) < 4.78 is 176. The molecule has 0 spiro atoms. The summed E-state index contributed by atoms with van der Waals surface area (Å²) in [5.74, 6) is -14.8. The van der Waals surface area contributed by atoms with Crippen LogP contribution in [0.1, 0.15) is 0 Å². The summed E-state index contributed by atoms with van der Waals surface area (Å²) in [6, 6.07) is 13.5. The summed E-state index contributed by atoms with van der Waals surface area (Å²) in [7, 11) is -9.21. The number of hydrogen-bond acceptors (Lipinski definition) is 3. The molecule has 0 bridgehead atoms. The molecule has 0 saturated carbocycles. The average Bonchev–Trinajstić information content (AvgIpc) is 3.01. The third kappa shape index (κ3) is 4.51. The Bertz CT molecular complexity index is 1240. The van der Waals surface area contributed by atoms with E-state index in [4.69, 9.17) is 0 Å². The van der Waals surface area contributed by atoms with Crippen molar-refractivity contribution in [3.05, 3.63) is 48.5 Å². The quantitative estimate of drug-likeness (QED) is 0.197. The van der Waals surface area contributed by atoms with Crippen LogP contribution in [0.5, 0.6) is 0 Å². The molecule has 1 aromatic heterocycles. The van der Waals surface area contributed by atoms with Gasteiger partial charge in [-0.2, -0.15) is 39.5 Å². The summed E-state index contributed by atoms with van der Waals surface area (Å²) in [6.07, 6.45) is -7.16. The van der Waals surface area contributed by atoms with Gasteiger partial charge in [-0.25, -0.2) is 8.42 Å². The highest BCUT2D eigenvalue weighted by molar-refractivity contribution is 7.86. The van der Waals surface area contributed by atoms with E-state index >= 15 is 0 Å². The van der Waals surface area contributed by atoms with Gasteiger partial charge in [-0.15, -0.1) is 13.2 Å². The van der Waals surface area contributed by atoms with Crippen LogP contribution in [-0.4, -0.2) is 36.2 Å². The first-order valence-corrected chi connectivity index (χ1v) is 10.9. The number of thiophene rings is 1. The van der Waals surface area contributed by atoms with Crippen LogP contribution in [0.25, 0.3) is 20.2 Å². The van der Waals surface area contributed by atoms with Crippen molar-refractivity contribution in [2.75, 3.05) is 0 Å². The van der Waals surface area contributed by atoms with Gasteiger partial charge < -0.3 is 4.55 Å². The van der Waals surface area contributed by atoms with Crippen molar-refractivity contribution in [1.82, 2.24) is 0 Å². The molecule has 0 N–H and O–H groups in total. The van der Waals surface area contributed by atoms with Gasteiger partial charge in [-0.1, -0.05) is 24.3 Å². The molecule has 1 heterocycles. The van der Waals surface area contributed by atoms with Gasteiger partial charge in [0, 0.05) is 10.8 Å². The highest BCUT2D eigenvalue weighted by Crippen LogP contribution is 2.55. The summed E-state index contributed by atoms with van der Waals surface area (Å²) >= 11 is 0. The lowest BCUT2D eigenvalue weighted by Gasteiger charge is -2.34. The maximum Gasteiger partial charge on any atom is 0.601 e. The van der Waals surface area contributed by atoms with Gasteiger partial charge in [-0.3, -0.25) is 0 Å². The second-order valence-corrected chi connectivity index (χ2v) is 9.74. The van der Waals surface area contributed by atoms with Crippen LogP contribution in [-0.2, 0) is 15.6 Å². The van der Waals surface area contributed by atoms with Crippen molar-refractivity contribution < 1.29 is 65.7 Å². The largest absolute Gasteiger partial charge is 0.743 e. The van der Waals surface area contributed by atoms with Crippen LogP contribution in [0.3, 0.4) is 0 Å². The Kier molecular flexibility index (Phi) is 6.94. The van der Waals surface area contributed by atoms with Crippen LogP contribution in [0.15, 0.2) is 48.5 Å². The molecule has 0 aliphatic rings. The molecule has 34 heavy (non-hydrogen) atoms. The van der Waals surface area contributed by atoms with E-state index < -0.39 is 49.4 Å². The number of fused-ring (bicyclic) bond motifs is 3. The van der Waals surface area contributed by atoms with Crippen molar-refractivity contribution in [1.29, 1.82) is 0 Å². The maximum absolute atomic E-state index is 13.1. The zero-order valence-corrected chi connectivity index (χ0v) is 17.3. The lowest BCUT2D eigenvalue weighted by Crippen LogP contribution is -2.63. The van der Waals surface area contributed by atoms with Crippen molar-refractivity contribution in [3.63, 3.8) is 0 Å². The van der Waals surface area contributed by atoms with Crippen molar-refractivity contribution >= 4 is 40.8 Å². The van der Waals surface area contributed by atoms with E-state index in [0.29, 0.717) is 20.2 Å². The number of benzene rings is 2. The maximum atomic E-state index is 13.1. The second-order valence-electron chi connectivity index (χ2n) is 6.36. The van der Waals surface area contributed by atoms with Crippen LogP contribution >= 0.6 is 10.5 Å². The predicted octanol–water partition coefficient (Wildman–Crippen LogP) is 7.18. The fourth-order valence-corrected chi connectivity index (χ4v) is 5.02. The highest BCUT2D eigenvalue weighted by Gasteiger charge is 2.83. The molecule has 3 nitrogen and oxygen atoms in total. The smallest absolute Gasteiger partial charge is 0.601 e. The van der Waals surface area contributed by atoms with Crippen LogP contribution in [0.2, 0.25) is 0 Å². The summed E-state index contributed by atoms with van der Waals surface area (Å²) in [6.45, 7) is 0. The molecule has 190 valence electrons. The van der Waals surface area contributed by atoms with Crippen LogP contribution in [0.4, 0.5) is 52.7 Å². The van der Waals surface area contributed by atoms with Gasteiger partial charge in [0.1, 0.15) is 10.5 Å². The van der Waals surface area contributed by atoms with Gasteiger partial charge in [-0.05, 0) is 24.3 Å². The molecule has 2 aromatic carbocycles. The molecular weight excluding hydrogens is 544 g/mol. The van der Waals surface area contributed by atoms with E-state index in [1.807, 2.05) is 0 Å². The molecular formula is C17H8F12O3S2. The van der Waals surface area contributed by atoms with E-state index in [9.17, 15) is 65.7 Å². The van der Waals surface area contributed by atoms with Crippen molar-refractivity contribution in [3.8, 4) is 0 Å². The Morgan fingerprint density at radius 1 is 0.618 bits per heavy atom. The third-order valence-electron chi connectivity index (χ3n) is 4.17. The number of alkyl halides is 12. The third-order valence-corrected chi connectivity index (χ3v) is 7.10. The predicted molar refractivity (Wildman–Crippen MR) is 95.8 cm³/mol. The molecule has 3 rings (SSSR count). The Balaban J connectivity index is 0.000000240. The molecule has 3 aromatic rings. The molecule has 0 unspecified atom stereocenters. The van der Waals surface area contributed by atoms with Gasteiger partial charge in [0.25, 0.3) is 0 Å². The zero-order valence-electron chi connectivity index (χ0n) is 15.7. The summed E-state index contributed by atoms with van der Waals surface area (Å²) in [5, 5.41) is -5.69. The molecule has 0 fully saturated rings. The first-order chi connectivity index (χ1) is 15.1. The number of rotatable bonds is 3. The monoisotopic (exact) mass is 552 g/mol. The normalized spacial score (nSPS) is 14.3. The molecule has 0 saturated heterocycles. The number of halogens is 12. The van der Waals surface area contributed by atoms with Crippen molar-refractivity contribution in [2.24, 2.45) is 0 Å². The minimum absolute atomic E-state index is 0.390. The molecule has 0 amide bonds. The van der Waals surface area contributed by atoms with E-state index in [-0.39, 0.29) is 0 Å². The zero-order chi connectivity index (χ0) is 26.5. The van der Waals surface area contributed by atoms with Gasteiger partial charge in [0.15, 0.2) is 19.5 Å². The summed E-state index contributed by atoms with van der Waals surface area (Å²) in [5.41, 5.74) is -4.21. The second kappa shape index (κ2) is 8.44. The Labute approximate surface area is 184 Å². The lowest BCUT2D eigenvalue weighted by atomic mass is 10.1. The summed E-state index contributed by atoms with van der Waals surface area (Å²) in [4.78, 5) is 0. The van der Waals surface area contributed by atoms with E-state index in [0.717, 1.165) is 0 Å². The van der Waals surface area contributed by atoms with Gasteiger partial charge in [0.2, 0.25) is 0 Å². The molecule has 0 aliphatic carbocycles.